The van der Waals surface area contributed by atoms with E-state index in [4.69, 9.17) is 16.0 Å². The number of hydrogen-bond donors (Lipinski definition) is 1. The molecule has 0 radical (unpaired) electrons. The number of fused-ring (bicyclic) bond motifs is 1. The molecule has 0 aliphatic rings. The van der Waals surface area contributed by atoms with Crippen LogP contribution in [0.25, 0.3) is 11.0 Å². The Bertz CT molecular complexity index is 1200. The number of Topliss-reactive ketones (excluding diaryl/α,β-unsaturated/α-hetero) is 1. The normalized spacial score (nSPS) is 11.5. The number of nitro benzene ring substituents is 1. The molecular formula is C17H13ClN2O6S. The van der Waals surface area contributed by atoms with Crippen LogP contribution in [0.15, 0.2) is 45.7 Å². The Morgan fingerprint density at radius 2 is 1.96 bits per heavy atom. The van der Waals surface area contributed by atoms with Crippen LogP contribution in [0.2, 0.25) is 5.02 Å². The summed E-state index contributed by atoms with van der Waals surface area (Å²) in [5.74, 6) is 0.124. The van der Waals surface area contributed by atoms with Crippen LogP contribution in [0.4, 0.5) is 11.4 Å². The molecule has 1 aromatic heterocycles. The zero-order valence-corrected chi connectivity index (χ0v) is 15.7. The quantitative estimate of drug-likeness (QED) is 0.381. The summed E-state index contributed by atoms with van der Waals surface area (Å²) >= 11 is 6.16. The first kappa shape index (κ1) is 18.9. The number of nitrogens with one attached hydrogen (secondary N) is 1. The maximum atomic E-state index is 12.6. The fraction of sp³-hybridized carbons (Fsp3) is 0.118. The van der Waals surface area contributed by atoms with Crippen LogP contribution in [0.1, 0.15) is 23.0 Å². The number of rotatable bonds is 5. The number of nitro groups is 1. The summed E-state index contributed by atoms with van der Waals surface area (Å²) in [5.41, 5.74) is 0.332. The molecule has 0 aliphatic heterocycles. The predicted octanol–water partition coefficient (Wildman–Crippen LogP) is 4.31. The first-order valence-corrected chi connectivity index (χ1v) is 9.47. The molecule has 1 N–H and O–H groups in total. The smallest absolute Gasteiger partial charge is 0.270 e. The molecule has 0 spiro atoms. The molecule has 27 heavy (non-hydrogen) atoms. The Balaban J connectivity index is 2.08. The number of nitrogens with zero attached hydrogens (tertiary/aromatic N) is 1. The zero-order valence-electron chi connectivity index (χ0n) is 14.1. The van der Waals surface area contributed by atoms with Crippen molar-refractivity contribution in [1.82, 2.24) is 0 Å². The number of ketones is 1. The van der Waals surface area contributed by atoms with Crippen molar-refractivity contribution in [2.24, 2.45) is 0 Å². The van der Waals surface area contributed by atoms with E-state index in [1.807, 2.05) is 0 Å². The Morgan fingerprint density at radius 3 is 2.59 bits per heavy atom. The molecule has 0 aliphatic carbocycles. The molecule has 8 nitrogen and oxygen atoms in total. The second kappa shape index (κ2) is 6.67. The lowest BCUT2D eigenvalue weighted by atomic mass is 10.1. The Morgan fingerprint density at radius 1 is 1.26 bits per heavy atom. The maximum Gasteiger partial charge on any atom is 0.270 e. The van der Waals surface area contributed by atoms with Crippen molar-refractivity contribution in [2.45, 2.75) is 18.7 Å². The number of sulfonamides is 1. The summed E-state index contributed by atoms with van der Waals surface area (Å²) in [4.78, 5) is 21.8. The molecule has 3 aromatic rings. The summed E-state index contributed by atoms with van der Waals surface area (Å²) in [6, 6.07) is 7.42. The highest BCUT2D eigenvalue weighted by Crippen LogP contribution is 2.35. The molecule has 0 saturated carbocycles. The standard InChI is InChI=1S/C17H13ClN2O6S/c1-9(21)16-10(2)26-17-14(16)6-11(7-15(17)18)19-27(24,25)13-5-3-4-12(8-13)20(22)23/h3-8,19H,1-2H3. The van der Waals surface area contributed by atoms with Crippen LogP contribution in [0.5, 0.6) is 0 Å². The molecule has 0 bridgehead atoms. The summed E-state index contributed by atoms with van der Waals surface area (Å²) in [6.45, 7) is 2.98. The number of carbonyl (C=O) groups is 1. The molecule has 1 heterocycles. The van der Waals surface area contributed by atoms with Gasteiger partial charge in [-0.2, -0.15) is 0 Å². The van der Waals surface area contributed by atoms with Gasteiger partial charge >= 0.3 is 0 Å². The van der Waals surface area contributed by atoms with Crippen LogP contribution in [0.3, 0.4) is 0 Å². The summed E-state index contributed by atoms with van der Waals surface area (Å²) in [6.07, 6.45) is 0. The second-order valence-electron chi connectivity index (χ2n) is 5.78. The van der Waals surface area contributed by atoms with Crippen LogP contribution in [-0.2, 0) is 10.0 Å². The lowest BCUT2D eigenvalue weighted by Crippen LogP contribution is -2.13. The Labute approximate surface area is 158 Å². The van der Waals surface area contributed by atoms with E-state index in [0.717, 1.165) is 6.07 Å². The Kier molecular flexibility index (Phi) is 4.66. The van der Waals surface area contributed by atoms with E-state index < -0.39 is 14.9 Å². The van der Waals surface area contributed by atoms with E-state index in [-0.39, 0.29) is 32.7 Å². The minimum absolute atomic E-state index is 0.0994. The van der Waals surface area contributed by atoms with E-state index in [2.05, 4.69) is 4.72 Å². The molecular weight excluding hydrogens is 396 g/mol. The number of halogens is 1. The highest BCUT2D eigenvalue weighted by molar-refractivity contribution is 7.92. The number of non-ortho nitro benzene ring substituents is 1. The van der Waals surface area contributed by atoms with Crippen LogP contribution in [-0.4, -0.2) is 19.1 Å². The fourth-order valence-electron chi connectivity index (χ4n) is 2.75. The number of anilines is 1. The summed E-state index contributed by atoms with van der Waals surface area (Å²) in [7, 11) is -4.11. The van der Waals surface area contributed by atoms with Gasteiger partial charge in [0.25, 0.3) is 15.7 Å². The van der Waals surface area contributed by atoms with E-state index in [1.54, 1.807) is 6.92 Å². The average molecular weight is 409 g/mol. The van der Waals surface area contributed by atoms with Crippen LogP contribution in [0, 0.1) is 17.0 Å². The fourth-order valence-corrected chi connectivity index (χ4v) is 4.09. The Hall–Kier alpha value is -2.91. The van der Waals surface area contributed by atoms with Gasteiger partial charge in [-0.15, -0.1) is 0 Å². The van der Waals surface area contributed by atoms with Gasteiger partial charge in [-0.25, -0.2) is 8.42 Å². The number of aryl methyl sites for hydroxylation is 1. The minimum atomic E-state index is -4.11. The third kappa shape index (κ3) is 3.51. The van der Waals surface area contributed by atoms with E-state index in [0.29, 0.717) is 16.7 Å². The lowest BCUT2D eigenvalue weighted by Gasteiger charge is -2.09. The number of furan rings is 1. The van der Waals surface area contributed by atoms with Gasteiger partial charge in [0.2, 0.25) is 0 Å². The van der Waals surface area contributed by atoms with Crippen molar-refractivity contribution < 1.29 is 22.6 Å². The molecule has 3 rings (SSSR count). The van der Waals surface area contributed by atoms with Gasteiger partial charge in [-0.05, 0) is 32.0 Å². The van der Waals surface area contributed by atoms with Gasteiger partial charge in [0.05, 0.1) is 26.1 Å². The van der Waals surface area contributed by atoms with Gasteiger partial charge in [-0.3, -0.25) is 19.6 Å². The maximum absolute atomic E-state index is 12.6. The highest BCUT2D eigenvalue weighted by Gasteiger charge is 2.21. The first-order valence-electron chi connectivity index (χ1n) is 7.61. The molecule has 0 fully saturated rings. The van der Waals surface area contributed by atoms with Gasteiger partial charge < -0.3 is 4.42 Å². The van der Waals surface area contributed by atoms with Crippen molar-refractivity contribution in [3.05, 3.63) is 62.9 Å². The van der Waals surface area contributed by atoms with Crippen molar-refractivity contribution in [3.8, 4) is 0 Å². The first-order chi connectivity index (χ1) is 12.6. The van der Waals surface area contributed by atoms with Crippen molar-refractivity contribution in [1.29, 1.82) is 0 Å². The zero-order chi connectivity index (χ0) is 19.9. The molecule has 0 amide bonds. The van der Waals surface area contributed by atoms with Crippen LogP contribution < -0.4 is 4.72 Å². The second-order valence-corrected chi connectivity index (χ2v) is 7.87. The molecule has 0 unspecified atom stereocenters. The molecule has 0 saturated heterocycles. The van der Waals surface area contributed by atoms with Crippen molar-refractivity contribution in [2.75, 3.05) is 4.72 Å². The van der Waals surface area contributed by atoms with Crippen molar-refractivity contribution in [3.63, 3.8) is 0 Å². The lowest BCUT2D eigenvalue weighted by molar-refractivity contribution is -0.385. The molecule has 140 valence electrons. The number of hydrogen-bond acceptors (Lipinski definition) is 6. The van der Waals surface area contributed by atoms with E-state index >= 15 is 0 Å². The third-order valence-electron chi connectivity index (χ3n) is 3.86. The van der Waals surface area contributed by atoms with E-state index in [1.165, 1.54) is 37.3 Å². The number of benzene rings is 2. The largest absolute Gasteiger partial charge is 0.459 e. The monoisotopic (exact) mass is 408 g/mol. The molecule has 10 heteroatoms. The molecule has 0 atom stereocenters. The molecule has 2 aromatic carbocycles. The van der Waals surface area contributed by atoms with Gasteiger partial charge in [0.15, 0.2) is 11.4 Å². The van der Waals surface area contributed by atoms with Gasteiger partial charge in [0, 0.05) is 17.5 Å². The summed E-state index contributed by atoms with van der Waals surface area (Å²) < 4.78 is 33.0. The topological polar surface area (TPSA) is 120 Å². The van der Waals surface area contributed by atoms with Gasteiger partial charge in [-0.1, -0.05) is 17.7 Å². The number of carbonyl (C=O) groups excluding carboxylic acids is 1. The summed E-state index contributed by atoms with van der Waals surface area (Å²) in [5, 5.41) is 11.4. The van der Waals surface area contributed by atoms with Crippen LogP contribution >= 0.6 is 11.6 Å². The average Bonchev–Trinajstić information content (AvgIpc) is 2.91. The van der Waals surface area contributed by atoms with E-state index in [9.17, 15) is 23.3 Å². The third-order valence-corrected chi connectivity index (χ3v) is 5.52. The minimum Gasteiger partial charge on any atom is -0.459 e. The SMILES string of the molecule is CC(=O)c1c(C)oc2c(Cl)cc(NS(=O)(=O)c3cccc([N+](=O)[O-])c3)cc12. The highest BCUT2D eigenvalue weighted by atomic mass is 35.5. The van der Waals surface area contributed by atoms with Crippen molar-refractivity contribution >= 4 is 49.8 Å². The predicted molar refractivity (Wildman–Crippen MR) is 99.9 cm³/mol. The van der Waals surface area contributed by atoms with Gasteiger partial charge in [0.1, 0.15) is 5.76 Å².